The lowest BCUT2D eigenvalue weighted by atomic mass is 10.2. The van der Waals surface area contributed by atoms with E-state index >= 15 is 0 Å². The first-order valence-electron chi connectivity index (χ1n) is 5.27. The molecule has 2 nitrogen and oxygen atoms in total. The standard InChI is InChI=1S/C13H8Cl4N2/c14-9-6-11(16)12(7-10(9)15)18-19-13(17)8-4-2-1-3-5-8/h1-7,18H/b19-13-. The van der Waals surface area contributed by atoms with Gasteiger partial charge in [0.25, 0.3) is 0 Å². The summed E-state index contributed by atoms with van der Waals surface area (Å²) >= 11 is 23.8. The van der Waals surface area contributed by atoms with Crippen molar-refractivity contribution in [1.82, 2.24) is 0 Å². The molecule has 2 aromatic rings. The normalized spacial score (nSPS) is 11.5. The number of hydrogen-bond donors (Lipinski definition) is 1. The topological polar surface area (TPSA) is 24.4 Å². The molecular weight excluding hydrogens is 326 g/mol. The Hall–Kier alpha value is -0.930. The van der Waals surface area contributed by atoms with Gasteiger partial charge >= 0.3 is 0 Å². The smallest absolute Gasteiger partial charge is 0.156 e. The lowest BCUT2D eigenvalue weighted by Crippen LogP contribution is -1.97. The van der Waals surface area contributed by atoms with Crippen molar-refractivity contribution < 1.29 is 0 Å². The van der Waals surface area contributed by atoms with E-state index in [0.717, 1.165) is 5.56 Å². The van der Waals surface area contributed by atoms with Gasteiger partial charge in [-0.2, -0.15) is 5.10 Å². The van der Waals surface area contributed by atoms with Crippen LogP contribution in [-0.4, -0.2) is 5.17 Å². The maximum atomic E-state index is 6.06. The molecule has 6 heteroatoms. The molecular formula is C13H8Cl4N2. The van der Waals surface area contributed by atoms with E-state index in [1.165, 1.54) is 0 Å². The van der Waals surface area contributed by atoms with Gasteiger partial charge in [0.1, 0.15) is 0 Å². The summed E-state index contributed by atoms with van der Waals surface area (Å²) in [5, 5.41) is 5.55. The zero-order valence-corrected chi connectivity index (χ0v) is 12.5. The van der Waals surface area contributed by atoms with Gasteiger partial charge < -0.3 is 0 Å². The van der Waals surface area contributed by atoms with E-state index in [1.807, 2.05) is 30.3 Å². The van der Waals surface area contributed by atoms with Gasteiger partial charge in [-0.1, -0.05) is 76.7 Å². The molecule has 0 fully saturated rings. The molecule has 0 saturated heterocycles. The average Bonchev–Trinajstić information content (AvgIpc) is 2.42. The minimum atomic E-state index is 0.322. The number of rotatable bonds is 3. The Morgan fingerprint density at radius 3 is 2.21 bits per heavy atom. The molecule has 0 atom stereocenters. The fourth-order valence-corrected chi connectivity index (χ4v) is 2.12. The van der Waals surface area contributed by atoms with Crippen molar-refractivity contribution in [2.45, 2.75) is 0 Å². The van der Waals surface area contributed by atoms with Gasteiger partial charge in [0.05, 0.1) is 20.8 Å². The SMILES string of the molecule is Cl/C(=N\Nc1cc(Cl)c(Cl)cc1Cl)c1ccccc1. The van der Waals surface area contributed by atoms with Crippen LogP contribution in [0.15, 0.2) is 47.6 Å². The van der Waals surface area contributed by atoms with Crippen molar-refractivity contribution in [2.24, 2.45) is 5.10 Å². The highest BCUT2D eigenvalue weighted by Crippen LogP contribution is 2.32. The predicted octanol–water partition coefficient (Wildman–Crippen LogP) is 5.66. The van der Waals surface area contributed by atoms with Crippen LogP contribution in [0.2, 0.25) is 15.1 Å². The van der Waals surface area contributed by atoms with Gasteiger partial charge in [-0.15, -0.1) is 0 Å². The van der Waals surface area contributed by atoms with Gasteiger partial charge in [-0.3, -0.25) is 5.43 Å². The summed E-state index contributed by atoms with van der Waals surface area (Å²) in [7, 11) is 0. The first-order chi connectivity index (χ1) is 9.08. The Morgan fingerprint density at radius 2 is 1.53 bits per heavy atom. The number of hydrazone groups is 1. The number of halogens is 4. The second kappa shape index (κ2) is 6.49. The zero-order chi connectivity index (χ0) is 13.8. The number of nitrogens with one attached hydrogen (secondary N) is 1. The lowest BCUT2D eigenvalue weighted by molar-refractivity contribution is 1.34. The maximum Gasteiger partial charge on any atom is 0.156 e. The second-order valence-corrected chi connectivity index (χ2v) is 5.21. The molecule has 0 unspecified atom stereocenters. The average molecular weight is 334 g/mol. The molecule has 0 spiro atoms. The molecule has 0 aliphatic heterocycles. The number of anilines is 1. The van der Waals surface area contributed by atoms with Gasteiger partial charge in [0.15, 0.2) is 5.17 Å². The molecule has 0 bridgehead atoms. The Kier molecular flexibility index (Phi) is 4.94. The number of benzene rings is 2. The third-order valence-electron chi connectivity index (χ3n) is 2.30. The molecule has 2 aromatic carbocycles. The Morgan fingerprint density at radius 1 is 0.895 bits per heavy atom. The molecule has 0 radical (unpaired) electrons. The highest BCUT2D eigenvalue weighted by molar-refractivity contribution is 6.69. The summed E-state index contributed by atoms with van der Waals surface area (Å²) in [5.41, 5.74) is 4.09. The van der Waals surface area contributed by atoms with Crippen LogP contribution in [-0.2, 0) is 0 Å². The molecule has 0 saturated carbocycles. The molecule has 0 aliphatic carbocycles. The van der Waals surface area contributed by atoms with E-state index in [4.69, 9.17) is 46.4 Å². The monoisotopic (exact) mass is 332 g/mol. The highest BCUT2D eigenvalue weighted by atomic mass is 35.5. The molecule has 0 aromatic heterocycles. The predicted molar refractivity (Wildman–Crippen MR) is 83.9 cm³/mol. The van der Waals surface area contributed by atoms with Crippen LogP contribution >= 0.6 is 46.4 Å². The Balaban J connectivity index is 2.21. The minimum absolute atomic E-state index is 0.322. The van der Waals surface area contributed by atoms with Crippen LogP contribution in [0.4, 0.5) is 5.69 Å². The number of hydrogen-bond acceptors (Lipinski definition) is 2. The van der Waals surface area contributed by atoms with Crippen LogP contribution in [0.5, 0.6) is 0 Å². The van der Waals surface area contributed by atoms with Crippen molar-refractivity contribution in [2.75, 3.05) is 5.43 Å². The van der Waals surface area contributed by atoms with Gasteiger partial charge in [-0.05, 0) is 12.1 Å². The summed E-state index contributed by atoms with van der Waals surface area (Å²) in [5.74, 6) is 0. The molecule has 0 amide bonds. The molecule has 0 heterocycles. The first-order valence-corrected chi connectivity index (χ1v) is 6.78. The summed E-state index contributed by atoms with van der Waals surface area (Å²) in [6.45, 7) is 0. The van der Waals surface area contributed by atoms with Gasteiger partial charge in [-0.25, -0.2) is 0 Å². The molecule has 1 N–H and O–H groups in total. The van der Waals surface area contributed by atoms with Crippen LogP contribution in [0.1, 0.15) is 5.56 Å². The van der Waals surface area contributed by atoms with Crippen LogP contribution < -0.4 is 5.43 Å². The molecule has 19 heavy (non-hydrogen) atoms. The summed E-state index contributed by atoms with van der Waals surface area (Å²) in [4.78, 5) is 0. The zero-order valence-electron chi connectivity index (χ0n) is 9.50. The van der Waals surface area contributed by atoms with Gasteiger partial charge in [0, 0.05) is 5.56 Å². The van der Waals surface area contributed by atoms with Crippen LogP contribution in [0.25, 0.3) is 0 Å². The minimum Gasteiger partial charge on any atom is -0.275 e. The fraction of sp³-hybridized carbons (Fsp3) is 0. The summed E-state index contributed by atoms with van der Waals surface area (Å²) in [6.07, 6.45) is 0. The van der Waals surface area contributed by atoms with E-state index in [1.54, 1.807) is 12.1 Å². The van der Waals surface area contributed by atoms with Crippen LogP contribution in [0.3, 0.4) is 0 Å². The second-order valence-electron chi connectivity index (χ2n) is 3.63. The van der Waals surface area contributed by atoms with Crippen molar-refractivity contribution in [1.29, 1.82) is 0 Å². The van der Waals surface area contributed by atoms with E-state index < -0.39 is 0 Å². The van der Waals surface area contributed by atoms with E-state index in [-0.39, 0.29) is 0 Å². The molecule has 2 rings (SSSR count). The van der Waals surface area contributed by atoms with E-state index in [0.29, 0.717) is 25.9 Å². The van der Waals surface area contributed by atoms with Gasteiger partial charge in [0.2, 0.25) is 0 Å². The maximum absolute atomic E-state index is 6.06. The third kappa shape index (κ3) is 3.77. The summed E-state index contributed by atoms with van der Waals surface area (Å²) < 4.78 is 0. The van der Waals surface area contributed by atoms with Crippen LogP contribution in [0, 0.1) is 0 Å². The Labute approximate surface area is 130 Å². The molecule has 98 valence electrons. The quantitative estimate of drug-likeness (QED) is 0.437. The third-order valence-corrected chi connectivity index (χ3v) is 3.63. The Bertz CT molecular complexity index is 612. The fourth-order valence-electron chi connectivity index (χ4n) is 1.36. The number of nitrogens with zero attached hydrogens (tertiary/aromatic N) is 1. The van der Waals surface area contributed by atoms with Crippen molar-refractivity contribution >= 4 is 57.3 Å². The lowest BCUT2D eigenvalue weighted by Gasteiger charge is -2.06. The summed E-state index contributed by atoms with van der Waals surface area (Å²) in [6, 6.07) is 12.5. The highest BCUT2D eigenvalue weighted by Gasteiger charge is 2.06. The van der Waals surface area contributed by atoms with Crippen molar-refractivity contribution in [3.05, 3.63) is 63.1 Å². The largest absolute Gasteiger partial charge is 0.275 e. The van der Waals surface area contributed by atoms with E-state index in [2.05, 4.69) is 10.5 Å². The van der Waals surface area contributed by atoms with E-state index in [9.17, 15) is 0 Å². The van der Waals surface area contributed by atoms with Crippen molar-refractivity contribution in [3.8, 4) is 0 Å². The van der Waals surface area contributed by atoms with Crippen molar-refractivity contribution in [3.63, 3.8) is 0 Å². The first kappa shape index (κ1) is 14.5. The molecule has 0 aliphatic rings.